The Bertz CT molecular complexity index is 590. The molecule has 0 radical (unpaired) electrons. The normalized spacial score (nSPS) is 27.3. The Morgan fingerprint density at radius 1 is 1.21 bits per heavy atom. The van der Waals surface area contributed by atoms with E-state index in [1.54, 1.807) is 16.8 Å². The molecule has 24 heavy (non-hydrogen) atoms. The van der Waals surface area contributed by atoms with Crippen molar-refractivity contribution in [3.05, 3.63) is 30.3 Å². The lowest BCUT2D eigenvalue weighted by atomic mass is 9.84. The maximum atomic E-state index is 12.7. The van der Waals surface area contributed by atoms with Crippen molar-refractivity contribution in [3.8, 4) is 0 Å². The molecule has 1 aliphatic carbocycles. The van der Waals surface area contributed by atoms with Crippen LogP contribution in [0.4, 0.5) is 5.69 Å². The second kappa shape index (κ2) is 7.34. The number of carbonyl (C=O) groups is 2. The second-order valence-electron chi connectivity index (χ2n) is 6.95. The van der Waals surface area contributed by atoms with Crippen molar-refractivity contribution in [1.29, 1.82) is 0 Å². The highest BCUT2D eigenvalue weighted by Crippen LogP contribution is 2.29. The van der Waals surface area contributed by atoms with Gasteiger partial charge in [-0.05, 0) is 37.3 Å². The Balaban J connectivity index is 1.61. The van der Waals surface area contributed by atoms with E-state index in [1.807, 2.05) is 30.3 Å². The Labute approximate surface area is 143 Å². The summed E-state index contributed by atoms with van der Waals surface area (Å²) >= 11 is 0. The van der Waals surface area contributed by atoms with E-state index in [-0.39, 0.29) is 23.8 Å². The summed E-state index contributed by atoms with van der Waals surface area (Å²) in [6.45, 7) is 0.636. The van der Waals surface area contributed by atoms with Gasteiger partial charge < -0.3 is 14.9 Å². The van der Waals surface area contributed by atoms with E-state index in [4.69, 9.17) is 0 Å². The van der Waals surface area contributed by atoms with Crippen LogP contribution in [0.25, 0.3) is 0 Å². The number of benzene rings is 1. The number of carbonyl (C=O) groups excluding carboxylic acids is 2. The van der Waals surface area contributed by atoms with Crippen molar-refractivity contribution in [2.24, 2.45) is 5.92 Å². The van der Waals surface area contributed by atoms with Crippen LogP contribution in [0.15, 0.2) is 30.3 Å². The first-order valence-corrected chi connectivity index (χ1v) is 8.88. The zero-order chi connectivity index (χ0) is 17.1. The van der Waals surface area contributed by atoms with Gasteiger partial charge in [0.2, 0.25) is 11.8 Å². The summed E-state index contributed by atoms with van der Waals surface area (Å²) in [6, 6.07) is 9.19. The van der Waals surface area contributed by atoms with Gasteiger partial charge >= 0.3 is 0 Å². The fraction of sp³-hybridized carbons (Fsp3) is 0.579. The second-order valence-corrected chi connectivity index (χ2v) is 6.95. The highest BCUT2D eigenvalue weighted by atomic mass is 16.3. The SMILES string of the molecule is CN(C(=O)C[C@@H]1CCCC[C@H]1O)C1CCN(c2ccccc2)C1=O. The number of para-hydroxylation sites is 1. The Kier molecular flexibility index (Phi) is 5.19. The van der Waals surface area contributed by atoms with Crippen molar-refractivity contribution in [3.63, 3.8) is 0 Å². The molecule has 1 aromatic rings. The van der Waals surface area contributed by atoms with Gasteiger partial charge in [0.25, 0.3) is 0 Å². The third kappa shape index (κ3) is 3.46. The number of anilines is 1. The molecule has 1 unspecified atom stereocenters. The number of aliphatic hydroxyl groups is 1. The molecule has 1 heterocycles. The van der Waals surface area contributed by atoms with Gasteiger partial charge in [0.15, 0.2) is 0 Å². The molecule has 0 spiro atoms. The van der Waals surface area contributed by atoms with Crippen LogP contribution in [0, 0.1) is 5.92 Å². The van der Waals surface area contributed by atoms with Gasteiger partial charge in [0, 0.05) is 25.7 Å². The van der Waals surface area contributed by atoms with Gasteiger partial charge in [-0.25, -0.2) is 0 Å². The summed E-state index contributed by atoms with van der Waals surface area (Å²) < 4.78 is 0. The fourth-order valence-electron chi connectivity index (χ4n) is 3.86. The van der Waals surface area contributed by atoms with Gasteiger partial charge in [-0.3, -0.25) is 9.59 Å². The molecule has 1 saturated heterocycles. The molecule has 3 atom stereocenters. The predicted octanol–water partition coefficient (Wildman–Crippen LogP) is 2.19. The number of likely N-dealkylation sites (N-methyl/N-ethyl adjacent to an activating group) is 1. The number of amides is 2. The van der Waals surface area contributed by atoms with E-state index in [9.17, 15) is 14.7 Å². The lowest BCUT2D eigenvalue weighted by Crippen LogP contribution is -2.44. The summed E-state index contributed by atoms with van der Waals surface area (Å²) in [6.07, 6.45) is 4.41. The molecule has 1 aliphatic heterocycles. The molecule has 1 saturated carbocycles. The quantitative estimate of drug-likeness (QED) is 0.920. The number of aliphatic hydroxyl groups excluding tert-OH is 1. The number of hydrogen-bond acceptors (Lipinski definition) is 3. The van der Waals surface area contributed by atoms with E-state index in [0.717, 1.165) is 31.4 Å². The fourth-order valence-corrected chi connectivity index (χ4v) is 3.86. The molecule has 2 aliphatic rings. The highest BCUT2D eigenvalue weighted by molar-refractivity contribution is 6.01. The average Bonchev–Trinajstić information content (AvgIpc) is 2.98. The van der Waals surface area contributed by atoms with Crippen molar-refractivity contribution in [1.82, 2.24) is 4.90 Å². The Morgan fingerprint density at radius 3 is 2.62 bits per heavy atom. The molecule has 1 N–H and O–H groups in total. The molecule has 3 rings (SSSR count). The molecule has 2 amide bonds. The van der Waals surface area contributed by atoms with Gasteiger partial charge in [-0.1, -0.05) is 31.0 Å². The summed E-state index contributed by atoms with van der Waals surface area (Å²) in [7, 11) is 1.72. The first kappa shape index (κ1) is 17.0. The van der Waals surface area contributed by atoms with Crippen molar-refractivity contribution in [2.75, 3.05) is 18.5 Å². The van der Waals surface area contributed by atoms with Crippen LogP contribution >= 0.6 is 0 Å². The van der Waals surface area contributed by atoms with Gasteiger partial charge in [0.1, 0.15) is 6.04 Å². The topological polar surface area (TPSA) is 60.9 Å². The molecule has 0 aromatic heterocycles. The van der Waals surface area contributed by atoms with E-state index in [0.29, 0.717) is 19.4 Å². The lowest BCUT2D eigenvalue weighted by molar-refractivity contribution is -0.138. The van der Waals surface area contributed by atoms with E-state index in [2.05, 4.69) is 0 Å². The minimum absolute atomic E-state index is 0.0127. The van der Waals surface area contributed by atoms with E-state index >= 15 is 0 Å². The van der Waals surface area contributed by atoms with E-state index < -0.39 is 6.04 Å². The first-order valence-electron chi connectivity index (χ1n) is 8.88. The van der Waals surface area contributed by atoms with Crippen LogP contribution in [-0.4, -0.2) is 47.6 Å². The average molecular weight is 330 g/mol. The molecule has 5 nitrogen and oxygen atoms in total. The largest absolute Gasteiger partial charge is 0.393 e. The number of hydrogen-bond donors (Lipinski definition) is 1. The molecule has 2 fully saturated rings. The zero-order valence-electron chi connectivity index (χ0n) is 14.2. The minimum Gasteiger partial charge on any atom is -0.393 e. The third-order valence-electron chi connectivity index (χ3n) is 5.41. The summed E-state index contributed by atoms with van der Waals surface area (Å²) in [5.74, 6) is -0.00844. The molecule has 0 bridgehead atoms. The maximum Gasteiger partial charge on any atom is 0.249 e. The summed E-state index contributed by atoms with van der Waals surface area (Å²) in [4.78, 5) is 28.6. The molecule has 1 aromatic carbocycles. The Hall–Kier alpha value is -1.88. The lowest BCUT2D eigenvalue weighted by Gasteiger charge is -2.30. The molecular weight excluding hydrogens is 304 g/mol. The molecular formula is C19H26N2O3. The van der Waals surface area contributed by atoms with Crippen molar-refractivity contribution >= 4 is 17.5 Å². The van der Waals surface area contributed by atoms with Crippen LogP contribution < -0.4 is 4.90 Å². The molecule has 130 valence electrons. The summed E-state index contributed by atoms with van der Waals surface area (Å²) in [5.41, 5.74) is 0.883. The minimum atomic E-state index is -0.390. The maximum absolute atomic E-state index is 12.7. The highest BCUT2D eigenvalue weighted by Gasteiger charge is 2.38. The number of rotatable bonds is 4. The standard InChI is InChI=1S/C19H26N2O3/c1-20(18(23)13-14-7-5-6-10-17(14)22)16-11-12-21(19(16)24)15-8-3-2-4-9-15/h2-4,8-9,14,16-17,22H,5-7,10-13H2,1H3/t14-,16?,17+/m0/s1. The van der Waals surface area contributed by atoms with Gasteiger partial charge in [-0.15, -0.1) is 0 Å². The summed E-state index contributed by atoms with van der Waals surface area (Å²) in [5, 5.41) is 10.1. The van der Waals surface area contributed by atoms with Crippen molar-refractivity contribution < 1.29 is 14.7 Å². The van der Waals surface area contributed by atoms with Crippen LogP contribution in [0.3, 0.4) is 0 Å². The van der Waals surface area contributed by atoms with Crippen LogP contribution in [0.5, 0.6) is 0 Å². The number of nitrogens with zero attached hydrogens (tertiary/aromatic N) is 2. The van der Waals surface area contributed by atoms with Crippen LogP contribution in [0.2, 0.25) is 0 Å². The zero-order valence-corrected chi connectivity index (χ0v) is 14.2. The monoisotopic (exact) mass is 330 g/mol. The third-order valence-corrected chi connectivity index (χ3v) is 5.41. The Morgan fingerprint density at radius 2 is 1.92 bits per heavy atom. The van der Waals surface area contributed by atoms with Crippen LogP contribution in [-0.2, 0) is 9.59 Å². The predicted molar refractivity (Wildman–Crippen MR) is 92.6 cm³/mol. The smallest absolute Gasteiger partial charge is 0.249 e. The van der Waals surface area contributed by atoms with Crippen LogP contribution in [0.1, 0.15) is 38.5 Å². The van der Waals surface area contributed by atoms with Gasteiger partial charge in [0.05, 0.1) is 6.10 Å². The molecule has 5 heteroatoms. The van der Waals surface area contributed by atoms with Gasteiger partial charge in [-0.2, -0.15) is 0 Å². The van der Waals surface area contributed by atoms with Crippen molar-refractivity contribution in [2.45, 2.75) is 50.7 Å². The van der Waals surface area contributed by atoms with E-state index in [1.165, 1.54) is 0 Å². The first-order chi connectivity index (χ1) is 11.6.